The van der Waals surface area contributed by atoms with E-state index in [1.54, 1.807) is 0 Å². The first-order chi connectivity index (χ1) is 12.5. The first-order valence-electron chi connectivity index (χ1n) is 8.79. The molecule has 1 fully saturated rings. The number of carbonyl (C=O) groups excluding carboxylic acids is 1. The maximum atomic E-state index is 12.6. The van der Waals surface area contributed by atoms with Crippen LogP contribution >= 0.6 is 0 Å². The fraction of sp³-hybridized carbons (Fsp3) is 0.286. The number of hydrogen-bond acceptors (Lipinski definition) is 4. The average Bonchev–Trinajstić information content (AvgIpc) is 3.22. The zero-order valence-electron chi connectivity index (χ0n) is 15.2. The molecule has 1 saturated heterocycles. The van der Waals surface area contributed by atoms with E-state index in [1.165, 1.54) is 5.56 Å². The summed E-state index contributed by atoms with van der Waals surface area (Å²) in [5.74, 6) is 1.12. The molecule has 1 unspecified atom stereocenters. The van der Waals surface area contributed by atoms with Crippen LogP contribution in [0.25, 0.3) is 11.4 Å². The van der Waals surface area contributed by atoms with Crippen LogP contribution in [0.5, 0.6) is 0 Å². The molecular formula is C21H21N3O2. The van der Waals surface area contributed by atoms with Gasteiger partial charge in [0.05, 0.1) is 5.92 Å². The SMILES string of the molecule is Cc1cccc(-c2noc(C3CC(=O)N(c4ccc(C)cc4C)C3)n2)c1. The van der Waals surface area contributed by atoms with E-state index in [0.29, 0.717) is 24.7 Å². The van der Waals surface area contributed by atoms with E-state index in [2.05, 4.69) is 23.1 Å². The van der Waals surface area contributed by atoms with Gasteiger partial charge in [0.15, 0.2) is 0 Å². The number of benzene rings is 2. The molecule has 2 aromatic carbocycles. The number of aromatic nitrogens is 2. The van der Waals surface area contributed by atoms with Crippen molar-refractivity contribution in [2.75, 3.05) is 11.4 Å². The largest absolute Gasteiger partial charge is 0.339 e. The molecule has 0 N–H and O–H groups in total. The predicted octanol–water partition coefficient (Wildman–Crippen LogP) is 4.18. The molecule has 4 rings (SSSR count). The van der Waals surface area contributed by atoms with E-state index < -0.39 is 0 Å². The fourth-order valence-corrected chi connectivity index (χ4v) is 3.52. The summed E-state index contributed by atoms with van der Waals surface area (Å²) in [5, 5.41) is 4.11. The minimum Gasteiger partial charge on any atom is -0.339 e. The van der Waals surface area contributed by atoms with Crippen molar-refractivity contribution >= 4 is 11.6 Å². The van der Waals surface area contributed by atoms with Gasteiger partial charge in [-0.25, -0.2) is 0 Å². The highest BCUT2D eigenvalue weighted by atomic mass is 16.5. The van der Waals surface area contributed by atoms with Gasteiger partial charge >= 0.3 is 0 Å². The third-order valence-electron chi connectivity index (χ3n) is 4.84. The molecule has 0 saturated carbocycles. The van der Waals surface area contributed by atoms with Crippen molar-refractivity contribution in [2.24, 2.45) is 0 Å². The zero-order valence-corrected chi connectivity index (χ0v) is 15.2. The Morgan fingerprint density at radius 3 is 2.65 bits per heavy atom. The molecule has 0 bridgehead atoms. The highest BCUT2D eigenvalue weighted by Gasteiger charge is 2.35. The molecule has 0 spiro atoms. The van der Waals surface area contributed by atoms with E-state index in [-0.39, 0.29) is 11.8 Å². The molecule has 1 amide bonds. The summed E-state index contributed by atoms with van der Waals surface area (Å²) in [6, 6.07) is 14.1. The third kappa shape index (κ3) is 3.01. The maximum Gasteiger partial charge on any atom is 0.232 e. The molecule has 1 atom stereocenters. The Morgan fingerprint density at radius 2 is 1.88 bits per heavy atom. The van der Waals surface area contributed by atoms with Crippen LogP contribution in [0, 0.1) is 20.8 Å². The van der Waals surface area contributed by atoms with Crippen molar-refractivity contribution in [2.45, 2.75) is 33.1 Å². The van der Waals surface area contributed by atoms with E-state index in [1.807, 2.05) is 55.1 Å². The predicted molar refractivity (Wildman–Crippen MR) is 100 cm³/mol. The normalized spacial score (nSPS) is 17.1. The lowest BCUT2D eigenvalue weighted by molar-refractivity contribution is -0.117. The van der Waals surface area contributed by atoms with Gasteiger partial charge < -0.3 is 9.42 Å². The summed E-state index contributed by atoms with van der Waals surface area (Å²) in [5.41, 5.74) is 5.32. The lowest BCUT2D eigenvalue weighted by atomic mass is 10.1. The summed E-state index contributed by atoms with van der Waals surface area (Å²) >= 11 is 0. The van der Waals surface area contributed by atoms with Crippen LogP contribution in [-0.4, -0.2) is 22.6 Å². The Balaban J connectivity index is 1.58. The van der Waals surface area contributed by atoms with E-state index >= 15 is 0 Å². The number of nitrogens with zero attached hydrogens (tertiary/aromatic N) is 3. The monoisotopic (exact) mass is 347 g/mol. The van der Waals surface area contributed by atoms with Crippen molar-refractivity contribution in [3.05, 3.63) is 65.0 Å². The second-order valence-electron chi connectivity index (χ2n) is 7.02. The van der Waals surface area contributed by atoms with Gasteiger partial charge in [0.2, 0.25) is 17.6 Å². The van der Waals surface area contributed by atoms with Crippen molar-refractivity contribution in [1.82, 2.24) is 10.1 Å². The summed E-state index contributed by atoms with van der Waals surface area (Å²) in [7, 11) is 0. The average molecular weight is 347 g/mol. The Bertz CT molecular complexity index is 977. The van der Waals surface area contributed by atoms with Crippen LogP contribution in [0.2, 0.25) is 0 Å². The molecule has 1 aromatic heterocycles. The number of carbonyl (C=O) groups is 1. The van der Waals surface area contributed by atoms with E-state index in [0.717, 1.165) is 22.4 Å². The van der Waals surface area contributed by atoms with Crippen LogP contribution < -0.4 is 4.90 Å². The Kier molecular flexibility index (Phi) is 4.07. The van der Waals surface area contributed by atoms with Gasteiger partial charge in [-0.1, -0.05) is 46.6 Å². The summed E-state index contributed by atoms with van der Waals surface area (Å²) in [6.45, 7) is 6.68. The maximum absolute atomic E-state index is 12.6. The van der Waals surface area contributed by atoms with Crippen LogP contribution in [0.4, 0.5) is 5.69 Å². The van der Waals surface area contributed by atoms with Gasteiger partial charge in [-0.2, -0.15) is 4.98 Å². The van der Waals surface area contributed by atoms with Gasteiger partial charge in [0.25, 0.3) is 0 Å². The molecule has 5 nitrogen and oxygen atoms in total. The molecule has 26 heavy (non-hydrogen) atoms. The van der Waals surface area contributed by atoms with Gasteiger partial charge in [0, 0.05) is 24.2 Å². The Morgan fingerprint density at radius 1 is 1.08 bits per heavy atom. The molecule has 1 aliphatic heterocycles. The number of hydrogen-bond donors (Lipinski definition) is 0. The first-order valence-corrected chi connectivity index (χ1v) is 8.79. The highest BCUT2D eigenvalue weighted by Crippen LogP contribution is 2.33. The quantitative estimate of drug-likeness (QED) is 0.713. The van der Waals surface area contributed by atoms with Gasteiger partial charge in [-0.15, -0.1) is 0 Å². The lowest BCUT2D eigenvalue weighted by Gasteiger charge is -2.19. The Labute approximate surface area is 152 Å². The van der Waals surface area contributed by atoms with Crippen LogP contribution in [0.1, 0.15) is 34.9 Å². The molecular weight excluding hydrogens is 326 g/mol. The summed E-state index contributed by atoms with van der Waals surface area (Å²) in [6.07, 6.45) is 0.392. The number of amides is 1. The topological polar surface area (TPSA) is 59.2 Å². The van der Waals surface area contributed by atoms with Crippen molar-refractivity contribution in [3.63, 3.8) is 0 Å². The number of rotatable bonds is 3. The second kappa shape index (κ2) is 6.41. The first kappa shape index (κ1) is 16.5. The molecule has 3 aromatic rings. The van der Waals surface area contributed by atoms with Gasteiger partial charge in [-0.3, -0.25) is 4.79 Å². The molecule has 0 aliphatic carbocycles. The lowest BCUT2D eigenvalue weighted by Crippen LogP contribution is -2.25. The fourth-order valence-electron chi connectivity index (χ4n) is 3.52. The zero-order chi connectivity index (χ0) is 18.3. The molecule has 1 aliphatic rings. The van der Waals surface area contributed by atoms with E-state index in [9.17, 15) is 4.79 Å². The molecule has 132 valence electrons. The standard InChI is InChI=1S/C21H21N3O2/c1-13-5-4-6-16(10-13)20-22-21(26-23-20)17-11-19(25)24(12-17)18-8-7-14(2)9-15(18)3/h4-10,17H,11-12H2,1-3H3. The number of anilines is 1. The molecule has 5 heteroatoms. The summed E-state index contributed by atoms with van der Waals surface area (Å²) < 4.78 is 5.48. The van der Waals surface area contributed by atoms with Crippen molar-refractivity contribution < 1.29 is 9.32 Å². The van der Waals surface area contributed by atoms with Crippen LogP contribution in [-0.2, 0) is 4.79 Å². The second-order valence-corrected chi connectivity index (χ2v) is 7.02. The summed E-state index contributed by atoms with van der Waals surface area (Å²) in [4.78, 5) is 18.9. The smallest absolute Gasteiger partial charge is 0.232 e. The van der Waals surface area contributed by atoms with Gasteiger partial charge in [-0.05, 0) is 38.5 Å². The minimum absolute atomic E-state index is 0.0748. The van der Waals surface area contributed by atoms with Crippen molar-refractivity contribution in [3.8, 4) is 11.4 Å². The van der Waals surface area contributed by atoms with Gasteiger partial charge in [0.1, 0.15) is 0 Å². The highest BCUT2D eigenvalue weighted by molar-refractivity contribution is 5.97. The van der Waals surface area contributed by atoms with Crippen LogP contribution in [0.15, 0.2) is 47.0 Å². The van der Waals surface area contributed by atoms with Crippen LogP contribution in [0.3, 0.4) is 0 Å². The van der Waals surface area contributed by atoms with E-state index in [4.69, 9.17) is 4.52 Å². The van der Waals surface area contributed by atoms with Crippen molar-refractivity contribution in [1.29, 1.82) is 0 Å². The third-order valence-corrected chi connectivity index (χ3v) is 4.84. The Hall–Kier alpha value is -2.95. The minimum atomic E-state index is -0.0748. The number of aryl methyl sites for hydroxylation is 3. The molecule has 2 heterocycles. The molecule has 0 radical (unpaired) electrons.